The molecule has 0 spiro atoms. The molecule has 1 fully saturated rings. The number of nitrogens with two attached hydrogens (primary N) is 1. The van der Waals surface area contributed by atoms with E-state index >= 15 is 0 Å². The van der Waals surface area contributed by atoms with Crippen molar-refractivity contribution < 1.29 is 80.8 Å². The van der Waals surface area contributed by atoms with Crippen LogP contribution >= 0.6 is 23.5 Å². The van der Waals surface area contributed by atoms with Crippen LogP contribution in [0.25, 0.3) is 11.2 Å². The third-order valence-corrected chi connectivity index (χ3v) is 7.62. The first-order valence-electron chi connectivity index (χ1n) is 7.92. The number of ether oxygens (including phenoxy) is 1. The average Bonchev–Trinajstić information content (AvgIpc) is 3.13. The Morgan fingerprint density at radius 3 is 2.31 bits per heavy atom. The summed E-state index contributed by atoms with van der Waals surface area (Å²) in [5.74, 6) is 0.0426. The molecule has 0 bridgehead atoms. The van der Waals surface area contributed by atoms with Gasteiger partial charge in [-0.1, -0.05) is 0 Å². The van der Waals surface area contributed by atoms with Crippen molar-refractivity contribution in [3.05, 3.63) is 12.7 Å². The maximum absolute atomic E-state index is 11.8. The van der Waals surface area contributed by atoms with Crippen LogP contribution in [0.2, 0.25) is 0 Å². The molecule has 32 heavy (non-hydrogen) atoms. The van der Waals surface area contributed by atoms with Crippen molar-refractivity contribution in [1.82, 2.24) is 19.5 Å². The number of aromatic nitrogens is 4. The fourth-order valence-corrected chi connectivity index (χ4v) is 5.65. The molecule has 0 radical (unpaired) electrons. The first kappa shape index (κ1) is 27.5. The van der Waals surface area contributed by atoms with Crippen LogP contribution in [0.1, 0.15) is 6.23 Å². The number of imidazole rings is 1. The molecule has 3 heterocycles. The van der Waals surface area contributed by atoms with Crippen LogP contribution in [-0.2, 0) is 51.1 Å². The van der Waals surface area contributed by atoms with Crippen molar-refractivity contribution in [3.63, 3.8) is 0 Å². The summed E-state index contributed by atoms with van der Waals surface area (Å²) in [6.45, 7) is -0.956. The Labute approximate surface area is 190 Å². The molecule has 1 aliphatic heterocycles. The van der Waals surface area contributed by atoms with Gasteiger partial charge in [-0.3, -0.25) is 9.09 Å². The van der Waals surface area contributed by atoms with Crippen molar-refractivity contribution in [1.29, 1.82) is 0 Å². The fraction of sp³-hybridized carbons (Fsp3) is 0.500. The fourth-order valence-electron chi connectivity index (χ4n) is 2.62. The first-order valence-corrected chi connectivity index (χ1v) is 12.4. The van der Waals surface area contributed by atoms with E-state index in [1.165, 1.54) is 10.9 Å². The molecule has 0 aromatic carbocycles. The molecular weight excluding hydrogens is 592 g/mol. The maximum atomic E-state index is 11.8. The van der Waals surface area contributed by atoms with Gasteiger partial charge in [0.05, 0.1) is 12.9 Å². The SMILES string of the molecule is Nc1ncnc2c1ncn2[C@@H]1O[C@H](COP(=O)(O)OP(=O)(O)OP(=O)(O)O)[C@@H](O)[C@H]1O.[Ru]. The summed E-state index contributed by atoms with van der Waals surface area (Å²) in [4.78, 5) is 47.2. The molecule has 1 saturated heterocycles. The first-order chi connectivity index (χ1) is 14.2. The van der Waals surface area contributed by atoms with E-state index in [1.54, 1.807) is 0 Å². The smallest absolute Gasteiger partial charge is 0.387 e. The second-order valence-corrected chi connectivity index (χ2v) is 10.4. The number of nitrogens with zero attached hydrogens (tertiary/aromatic N) is 4. The molecule has 8 N–H and O–H groups in total. The van der Waals surface area contributed by atoms with Gasteiger partial charge in [-0.25, -0.2) is 28.6 Å². The van der Waals surface area contributed by atoms with Gasteiger partial charge in [0.2, 0.25) is 0 Å². The van der Waals surface area contributed by atoms with Crippen molar-refractivity contribution in [2.45, 2.75) is 24.5 Å². The van der Waals surface area contributed by atoms with Crippen LogP contribution in [-0.4, -0.2) is 74.2 Å². The van der Waals surface area contributed by atoms with Gasteiger partial charge in [0.15, 0.2) is 17.7 Å². The third-order valence-electron chi connectivity index (χ3n) is 3.82. The topological polar surface area (TPSA) is 279 Å². The van der Waals surface area contributed by atoms with Gasteiger partial charge < -0.3 is 40.3 Å². The number of hydrogen-bond donors (Lipinski definition) is 7. The second-order valence-electron chi connectivity index (χ2n) is 6.02. The Balaban J connectivity index is 0.00000363. The van der Waals surface area contributed by atoms with E-state index in [2.05, 4.69) is 28.1 Å². The zero-order valence-corrected chi connectivity index (χ0v) is 19.7. The van der Waals surface area contributed by atoms with Crippen molar-refractivity contribution in [3.8, 4) is 0 Å². The van der Waals surface area contributed by atoms with Crippen LogP contribution in [0.4, 0.5) is 5.82 Å². The summed E-state index contributed by atoms with van der Waals surface area (Å²) in [7, 11) is -16.7. The van der Waals surface area contributed by atoms with Gasteiger partial charge in [-0.2, -0.15) is 8.62 Å². The van der Waals surface area contributed by atoms with E-state index in [1.807, 2.05) is 0 Å². The Kier molecular flexibility index (Phi) is 8.48. The molecule has 0 amide bonds. The number of anilines is 1. The van der Waals surface area contributed by atoms with Gasteiger partial charge in [-0.15, -0.1) is 0 Å². The molecular formula is C10H16N5O13P3Ru. The van der Waals surface area contributed by atoms with Crippen molar-refractivity contribution in [2.75, 3.05) is 12.3 Å². The zero-order valence-electron chi connectivity index (χ0n) is 15.3. The number of rotatable bonds is 8. The van der Waals surface area contributed by atoms with Crippen LogP contribution < -0.4 is 5.73 Å². The molecule has 6 atom stereocenters. The molecule has 18 nitrogen and oxygen atoms in total. The number of aliphatic hydroxyl groups excluding tert-OH is 2. The standard InChI is InChI=1S/C10H16N5O13P3.Ru/c11-8-5-9(13-2-12-8)15(3-14-5)10-7(17)6(16)4(26-10)1-25-30(21,22)28-31(23,24)27-29(18,19)20;/h2-4,6-7,10,16-17H,1H2,(H,21,22)(H,23,24)(H2,11,12,13)(H2,18,19,20);/t4-,6-,7-,10-;/m1./s1. The third kappa shape index (κ3) is 6.44. The monoisotopic (exact) mass is 609 g/mol. The van der Waals surface area contributed by atoms with E-state index in [4.69, 9.17) is 25.2 Å². The average molecular weight is 608 g/mol. The molecule has 2 unspecified atom stereocenters. The Bertz CT molecular complexity index is 1110. The van der Waals surface area contributed by atoms with E-state index < -0.39 is 54.6 Å². The normalized spacial score (nSPS) is 27.6. The predicted octanol–water partition coefficient (Wildman–Crippen LogP) is -1.63. The van der Waals surface area contributed by atoms with Crippen LogP contribution in [0.15, 0.2) is 12.7 Å². The molecule has 182 valence electrons. The van der Waals surface area contributed by atoms with Gasteiger partial charge in [0.1, 0.15) is 30.2 Å². The van der Waals surface area contributed by atoms with E-state index in [0.29, 0.717) is 0 Å². The van der Waals surface area contributed by atoms with E-state index in [0.717, 1.165) is 6.33 Å². The molecule has 1 aliphatic rings. The predicted molar refractivity (Wildman–Crippen MR) is 95.5 cm³/mol. The molecule has 0 aliphatic carbocycles. The number of fused-ring (bicyclic) bond motifs is 1. The number of phosphoric ester groups is 1. The summed E-state index contributed by atoms with van der Waals surface area (Å²) in [5.41, 5.74) is 6.00. The minimum absolute atomic E-state index is 0. The minimum Gasteiger partial charge on any atom is -0.387 e. The quantitative estimate of drug-likeness (QED) is 0.131. The molecule has 2 aromatic heterocycles. The van der Waals surface area contributed by atoms with Crippen molar-refractivity contribution >= 4 is 40.4 Å². The second kappa shape index (κ2) is 9.86. The largest absolute Gasteiger partial charge is 0.490 e. The summed E-state index contributed by atoms with van der Waals surface area (Å²) in [6.07, 6.45) is -3.69. The molecule has 2 aromatic rings. The summed E-state index contributed by atoms with van der Waals surface area (Å²) >= 11 is 0. The van der Waals surface area contributed by atoms with E-state index in [-0.39, 0.29) is 36.5 Å². The van der Waals surface area contributed by atoms with Gasteiger partial charge in [-0.05, 0) is 0 Å². The number of aliphatic hydroxyl groups is 2. The van der Waals surface area contributed by atoms with Crippen LogP contribution in [0.5, 0.6) is 0 Å². The van der Waals surface area contributed by atoms with E-state index in [9.17, 15) is 28.8 Å². The summed E-state index contributed by atoms with van der Waals surface area (Å²) < 4.78 is 51.9. The number of phosphoric acid groups is 3. The maximum Gasteiger partial charge on any atom is 0.490 e. The van der Waals surface area contributed by atoms with Gasteiger partial charge in [0, 0.05) is 19.5 Å². The van der Waals surface area contributed by atoms with Gasteiger partial charge in [0.25, 0.3) is 0 Å². The minimum atomic E-state index is -5.70. The van der Waals surface area contributed by atoms with Gasteiger partial charge >= 0.3 is 23.5 Å². The summed E-state index contributed by atoms with van der Waals surface area (Å²) in [5, 5.41) is 20.4. The Hall–Kier alpha value is -0.737. The summed E-state index contributed by atoms with van der Waals surface area (Å²) in [6, 6.07) is 0. The van der Waals surface area contributed by atoms with Crippen LogP contribution in [0.3, 0.4) is 0 Å². The molecule has 0 saturated carbocycles. The Morgan fingerprint density at radius 2 is 1.69 bits per heavy atom. The zero-order chi connectivity index (χ0) is 23.2. The number of nitrogen functional groups attached to an aromatic ring is 1. The number of hydrogen-bond acceptors (Lipinski definition) is 13. The molecule has 3 rings (SSSR count). The van der Waals surface area contributed by atoms with Crippen LogP contribution in [0, 0.1) is 0 Å². The Morgan fingerprint density at radius 1 is 1.03 bits per heavy atom. The van der Waals surface area contributed by atoms with Crippen molar-refractivity contribution in [2.24, 2.45) is 0 Å². The molecule has 22 heteroatoms.